The van der Waals surface area contributed by atoms with Crippen LogP contribution < -0.4 is 0 Å². The highest BCUT2D eigenvalue weighted by Gasteiger charge is 2.46. The van der Waals surface area contributed by atoms with Gasteiger partial charge in [0.05, 0.1) is 6.61 Å². The lowest BCUT2D eigenvalue weighted by molar-refractivity contribution is -0.295. The van der Waals surface area contributed by atoms with E-state index in [0.717, 1.165) is 6.42 Å². The molecule has 6 heteroatoms. The summed E-state index contributed by atoms with van der Waals surface area (Å²) in [6.07, 6.45) is -2.80. The zero-order chi connectivity index (χ0) is 12.4. The molecule has 0 aromatic heterocycles. The molecule has 3 fully saturated rings. The number of fused-ring (bicyclic) bond motifs is 6. The van der Waals surface area contributed by atoms with Gasteiger partial charge < -0.3 is 29.3 Å². The average molecular weight is 263 g/mol. The molecule has 2 bridgehead atoms. The number of rotatable bonds is 2. The topological polar surface area (TPSA) is 71.4 Å². The van der Waals surface area contributed by atoms with E-state index in [-0.39, 0.29) is 13.5 Å². The Labute approximate surface area is 108 Å². The molecule has 0 spiro atoms. The molecule has 3 heterocycles. The van der Waals surface area contributed by atoms with E-state index in [1.807, 2.05) is 19.0 Å². The van der Waals surface area contributed by atoms with Crippen LogP contribution >= 0.6 is 0 Å². The lowest BCUT2D eigenvalue weighted by Gasteiger charge is -2.42. The van der Waals surface area contributed by atoms with Crippen LogP contribution in [-0.2, 0) is 14.2 Å². The SMILES string of the molecule is C.CN(C)CC1OC2OCCCOC1C(O)C2O. The van der Waals surface area contributed by atoms with E-state index in [1.54, 1.807) is 0 Å². The Kier molecular flexibility index (Phi) is 5.97. The summed E-state index contributed by atoms with van der Waals surface area (Å²) in [6.45, 7) is 1.60. The van der Waals surface area contributed by atoms with E-state index in [2.05, 4.69) is 0 Å². The Morgan fingerprint density at radius 2 is 1.78 bits per heavy atom. The van der Waals surface area contributed by atoms with Gasteiger partial charge >= 0.3 is 0 Å². The van der Waals surface area contributed by atoms with Gasteiger partial charge in [-0.05, 0) is 20.5 Å². The number of aliphatic hydroxyl groups is 2. The fourth-order valence-electron chi connectivity index (χ4n) is 2.23. The van der Waals surface area contributed by atoms with Gasteiger partial charge in [0.2, 0.25) is 0 Å². The first-order valence-electron chi connectivity index (χ1n) is 5.99. The average Bonchev–Trinajstić information content (AvgIpc) is 2.39. The highest BCUT2D eigenvalue weighted by Crippen LogP contribution is 2.26. The van der Waals surface area contributed by atoms with Crippen molar-refractivity contribution < 1.29 is 24.4 Å². The van der Waals surface area contributed by atoms with E-state index in [4.69, 9.17) is 14.2 Å². The van der Waals surface area contributed by atoms with Gasteiger partial charge in [-0.25, -0.2) is 0 Å². The van der Waals surface area contributed by atoms with Crippen LogP contribution in [0.2, 0.25) is 0 Å². The third kappa shape index (κ3) is 3.40. The zero-order valence-electron chi connectivity index (χ0n) is 10.3. The fourth-order valence-corrected chi connectivity index (χ4v) is 2.23. The minimum atomic E-state index is -1.04. The lowest BCUT2D eigenvalue weighted by Crippen LogP contribution is -2.60. The summed E-state index contributed by atoms with van der Waals surface area (Å²) in [5.74, 6) is 0. The highest BCUT2D eigenvalue weighted by atomic mass is 16.7. The summed E-state index contributed by atoms with van der Waals surface area (Å²) in [5, 5.41) is 19.9. The summed E-state index contributed by atoms with van der Waals surface area (Å²) < 4.78 is 16.7. The number of aliphatic hydroxyl groups excluding tert-OH is 2. The first-order chi connectivity index (χ1) is 8.09. The summed E-state index contributed by atoms with van der Waals surface area (Å²) in [7, 11) is 3.85. The molecule has 3 aliphatic rings. The summed E-state index contributed by atoms with van der Waals surface area (Å²) in [5.41, 5.74) is 0. The molecule has 6 nitrogen and oxygen atoms in total. The molecule has 5 atom stereocenters. The second-order valence-corrected chi connectivity index (χ2v) is 4.85. The quantitative estimate of drug-likeness (QED) is 0.696. The van der Waals surface area contributed by atoms with Gasteiger partial charge in [0.15, 0.2) is 6.29 Å². The molecule has 3 saturated heterocycles. The molecule has 2 N–H and O–H groups in total. The number of hydrogen-bond donors (Lipinski definition) is 2. The van der Waals surface area contributed by atoms with Crippen LogP contribution in [0, 0.1) is 0 Å². The van der Waals surface area contributed by atoms with Gasteiger partial charge in [-0.1, -0.05) is 7.43 Å². The van der Waals surface area contributed by atoms with Crippen molar-refractivity contribution in [1.82, 2.24) is 4.90 Å². The Morgan fingerprint density at radius 1 is 1.11 bits per heavy atom. The minimum absolute atomic E-state index is 0. The first-order valence-corrected chi connectivity index (χ1v) is 5.99. The van der Waals surface area contributed by atoms with Gasteiger partial charge in [0.25, 0.3) is 0 Å². The number of hydrogen-bond acceptors (Lipinski definition) is 6. The zero-order valence-corrected chi connectivity index (χ0v) is 10.3. The molecule has 0 amide bonds. The molecule has 5 unspecified atom stereocenters. The van der Waals surface area contributed by atoms with Crippen molar-refractivity contribution >= 4 is 0 Å². The lowest BCUT2D eigenvalue weighted by atomic mass is 9.98. The van der Waals surface area contributed by atoms with Crippen LogP contribution in [0.4, 0.5) is 0 Å². The van der Waals surface area contributed by atoms with Crippen molar-refractivity contribution in [2.75, 3.05) is 33.9 Å². The highest BCUT2D eigenvalue weighted by molar-refractivity contribution is 4.91. The van der Waals surface area contributed by atoms with Gasteiger partial charge in [-0.2, -0.15) is 0 Å². The van der Waals surface area contributed by atoms with Gasteiger partial charge in [-0.15, -0.1) is 0 Å². The van der Waals surface area contributed by atoms with Crippen LogP contribution in [0.5, 0.6) is 0 Å². The van der Waals surface area contributed by atoms with Gasteiger partial charge in [0, 0.05) is 13.2 Å². The molecule has 3 aliphatic heterocycles. The van der Waals surface area contributed by atoms with E-state index in [1.165, 1.54) is 0 Å². The van der Waals surface area contributed by atoms with Crippen molar-refractivity contribution in [1.29, 1.82) is 0 Å². The Morgan fingerprint density at radius 3 is 2.44 bits per heavy atom. The molecular weight excluding hydrogens is 238 g/mol. The number of nitrogens with zero attached hydrogens (tertiary/aromatic N) is 1. The molecule has 0 aliphatic carbocycles. The minimum Gasteiger partial charge on any atom is -0.387 e. The maximum absolute atomic E-state index is 10.0. The van der Waals surface area contributed by atoms with Crippen LogP contribution in [0.3, 0.4) is 0 Å². The first kappa shape index (κ1) is 15.8. The Bertz CT molecular complexity index is 249. The fraction of sp³-hybridized carbons (Fsp3) is 1.00. The Balaban J connectivity index is 0.00000162. The maximum Gasteiger partial charge on any atom is 0.186 e. The third-order valence-electron chi connectivity index (χ3n) is 3.07. The van der Waals surface area contributed by atoms with E-state index < -0.39 is 24.6 Å². The van der Waals surface area contributed by atoms with Gasteiger partial charge in [0.1, 0.15) is 24.4 Å². The summed E-state index contributed by atoms with van der Waals surface area (Å²) >= 11 is 0. The van der Waals surface area contributed by atoms with E-state index in [9.17, 15) is 10.2 Å². The van der Waals surface area contributed by atoms with Crippen LogP contribution in [-0.4, -0.2) is 79.7 Å². The van der Waals surface area contributed by atoms with E-state index in [0.29, 0.717) is 19.8 Å². The molecule has 0 aromatic carbocycles. The summed E-state index contributed by atoms with van der Waals surface area (Å²) in [6, 6.07) is 0. The van der Waals surface area contributed by atoms with Crippen molar-refractivity contribution in [2.24, 2.45) is 0 Å². The van der Waals surface area contributed by atoms with Crippen LogP contribution in [0.15, 0.2) is 0 Å². The maximum atomic E-state index is 10.0. The predicted molar refractivity (Wildman–Crippen MR) is 66.3 cm³/mol. The standard InChI is InChI=1S/C11H21NO5.CH4/c1-12(2)6-7-10-8(13)9(14)11(17-7)16-5-3-4-15-10;/h7-11,13-14H,3-6H2,1-2H3;1H4. The van der Waals surface area contributed by atoms with Crippen LogP contribution in [0.25, 0.3) is 0 Å². The molecule has 0 saturated carbocycles. The second-order valence-electron chi connectivity index (χ2n) is 4.85. The van der Waals surface area contributed by atoms with Crippen LogP contribution in [0.1, 0.15) is 13.8 Å². The molecule has 0 radical (unpaired) electrons. The largest absolute Gasteiger partial charge is 0.387 e. The smallest absolute Gasteiger partial charge is 0.186 e. The summed E-state index contributed by atoms with van der Waals surface area (Å²) in [4.78, 5) is 1.96. The molecular formula is C12H25NO5. The number of ether oxygens (including phenoxy) is 3. The molecule has 18 heavy (non-hydrogen) atoms. The van der Waals surface area contributed by atoms with E-state index >= 15 is 0 Å². The Hall–Kier alpha value is -0.240. The molecule has 108 valence electrons. The predicted octanol–water partition coefficient (Wildman–Crippen LogP) is -0.564. The monoisotopic (exact) mass is 263 g/mol. The van der Waals surface area contributed by atoms with Crippen molar-refractivity contribution in [2.45, 2.75) is 44.6 Å². The van der Waals surface area contributed by atoms with Crippen molar-refractivity contribution in [3.05, 3.63) is 0 Å². The third-order valence-corrected chi connectivity index (χ3v) is 3.07. The molecule has 3 rings (SSSR count). The van der Waals surface area contributed by atoms with Crippen molar-refractivity contribution in [3.8, 4) is 0 Å². The van der Waals surface area contributed by atoms with Gasteiger partial charge in [-0.3, -0.25) is 0 Å². The molecule has 0 aromatic rings. The second kappa shape index (κ2) is 6.79. The number of likely N-dealkylation sites (N-methyl/N-ethyl adjacent to an activating group) is 1. The van der Waals surface area contributed by atoms with Crippen molar-refractivity contribution in [3.63, 3.8) is 0 Å². The normalized spacial score (nSPS) is 40.8.